The fourth-order valence-electron chi connectivity index (χ4n) is 3.02. The molecule has 4 nitrogen and oxygen atoms in total. The number of nitrogens with one attached hydrogen (secondary N) is 1. The van der Waals surface area contributed by atoms with E-state index in [0.29, 0.717) is 6.04 Å². The van der Waals surface area contributed by atoms with Crippen molar-refractivity contribution < 1.29 is 4.74 Å². The second-order valence-corrected chi connectivity index (χ2v) is 7.54. The average molecular weight is 291 g/mol. The van der Waals surface area contributed by atoms with Crippen molar-refractivity contribution in [1.82, 2.24) is 10.3 Å². The second kappa shape index (κ2) is 5.93. The zero-order valence-corrected chi connectivity index (χ0v) is 14.2. The minimum absolute atomic E-state index is 0.157. The molecule has 2 rings (SSSR count). The number of anilines is 1. The van der Waals surface area contributed by atoms with Crippen molar-refractivity contribution in [1.29, 1.82) is 0 Å². The molecule has 1 aromatic rings. The number of nitrogens with zero attached hydrogens (tertiary/aromatic N) is 2. The molecule has 1 aliphatic rings. The topological polar surface area (TPSA) is 37.4 Å². The standard InChI is InChI=1S/C17H29N3O/c1-13(2)19-10-14-7-8-18-15(9-14)20-11-16(3,4)21-17(5,6)12-20/h7-9,13,19H,10-12H2,1-6H3. The molecule has 0 bridgehead atoms. The van der Waals surface area contributed by atoms with E-state index in [4.69, 9.17) is 4.74 Å². The summed E-state index contributed by atoms with van der Waals surface area (Å²) in [6.07, 6.45) is 1.90. The number of ether oxygens (including phenoxy) is 1. The predicted molar refractivity (Wildman–Crippen MR) is 87.7 cm³/mol. The van der Waals surface area contributed by atoms with Crippen LogP contribution in [0.5, 0.6) is 0 Å². The summed E-state index contributed by atoms with van der Waals surface area (Å²) in [5, 5.41) is 3.45. The third-order valence-corrected chi connectivity index (χ3v) is 3.54. The van der Waals surface area contributed by atoms with E-state index in [-0.39, 0.29) is 11.2 Å². The normalized spacial score (nSPS) is 20.8. The molecule has 0 aromatic carbocycles. The molecule has 1 aromatic heterocycles. The lowest BCUT2D eigenvalue weighted by Crippen LogP contribution is -2.57. The SMILES string of the molecule is CC(C)NCc1ccnc(N2CC(C)(C)OC(C)(C)C2)c1. The van der Waals surface area contributed by atoms with Crippen LogP contribution in [0, 0.1) is 0 Å². The summed E-state index contributed by atoms with van der Waals surface area (Å²) in [5.74, 6) is 1.04. The third kappa shape index (κ3) is 4.68. The van der Waals surface area contributed by atoms with Gasteiger partial charge >= 0.3 is 0 Å². The molecule has 0 saturated carbocycles. The van der Waals surface area contributed by atoms with E-state index in [2.05, 4.69) is 68.9 Å². The van der Waals surface area contributed by atoms with Crippen LogP contribution in [0.15, 0.2) is 18.3 Å². The molecule has 1 saturated heterocycles. The maximum absolute atomic E-state index is 6.14. The Balaban J connectivity index is 2.15. The van der Waals surface area contributed by atoms with Gasteiger partial charge in [-0.2, -0.15) is 0 Å². The molecule has 4 heteroatoms. The van der Waals surface area contributed by atoms with Gasteiger partial charge in [-0.1, -0.05) is 13.8 Å². The first-order chi connectivity index (χ1) is 9.67. The molecule has 1 fully saturated rings. The van der Waals surface area contributed by atoms with E-state index in [9.17, 15) is 0 Å². The Hall–Kier alpha value is -1.13. The summed E-state index contributed by atoms with van der Waals surface area (Å²) in [4.78, 5) is 6.90. The Morgan fingerprint density at radius 1 is 1.24 bits per heavy atom. The molecular weight excluding hydrogens is 262 g/mol. The molecule has 21 heavy (non-hydrogen) atoms. The molecule has 0 amide bonds. The van der Waals surface area contributed by atoms with E-state index < -0.39 is 0 Å². The summed E-state index contributed by atoms with van der Waals surface area (Å²) in [5.41, 5.74) is 0.960. The smallest absolute Gasteiger partial charge is 0.128 e. The number of hydrogen-bond donors (Lipinski definition) is 1. The van der Waals surface area contributed by atoms with Gasteiger partial charge in [0.05, 0.1) is 11.2 Å². The van der Waals surface area contributed by atoms with E-state index >= 15 is 0 Å². The fourth-order valence-corrected chi connectivity index (χ4v) is 3.02. The lowest BCUT2D eigenvalue weighted by atomic mass is 9.99. The summed E-state index contributed by atoms with van der Waals surface area (Å²) >= 11 is 0. The maximum Gasteiger partial charge on any atom is 0.128 e. The van der Waals surface area contributed by atoms with Crippen molar-refractivity contribution >= 4 is 5.82 Å². The fraction of sp³-hybridized carbons (Fsp3) is 0.706. The number of aromatic nitrogens is 1. The van der Waals surface area contributed by atoms with Gasteiger partial charge in [0.15, 0.2) is 0 Å². The van der Waals surface area contributed by atoms with Gasteiger partial charge in [0.25, 0.3) is 0 Å². The van der Waals surface area contributed by atoms with Gasteiger partial charge < -0.3 is 15.0 Å². The third-order valence-electron chi connectivity index (χ3n) is 3.54. The van der Waals surface area contributed by atoms with Crippen LogP contribution >= 0.6 is 0 Å². The van der Waals surface area contributed by atoms with Gasteiger partial charge in [-0.15, -0.1) is 0 Å². The van der Waals surface area contributed by atoms with Crippen LogP contribution in [0.3, 0.4) is 0 Å². The van der Waals surface area contributed by atoms with Gasteiger partial charge in [0.2, 0.25) is 0 Å². The largest absolute Gasteiger partial charge is 0.366 e. The highest BCUT2D eigenvalue weighted by atomic mass is 16.5. The molecule has 0 unspecified atom stereocenters. The van der Waals surface area contributed by atoms with Crippen molar-refractivity contribution in [2.75, 3.05) is 18.0 Å². The summed E-state index contributed by atoms with van der Waals surface area (Å²) < 4.78 is 6.14. The molecule has 2 heterocycles. The first-order valence-electron chi connectivity index (χ1n) is 7.80. The first kappa shape index (κ1) is 16.2. The van der Waals surface area contributed by atoms with Crippen molar-refractivity contribution in [3.63, 3.8) is 0 Å². The number of morpholine rings is 1. The molecular formula is C17H29N3O. The Bertz CT molecular complexity index is 467. The number of rotatable bonds is 4. The van der Waals surface area contributed by atoms with Gasteiger partial charge in [-0.25, -0.2) is 4.98 Å². The van der Waals surface area contributed by atoms with E-state index in [0.717, 1.165) is 25.5 Å². The lowest BCUT2D eigenvalue weighted by molar-refractivity contribution is -0.133. The Morgan fingerprint density at radius 3 is 2.43 bits per heavy atom. The molecule has 0 radical (unpaired) electrons. The van der Waals surface area contributed by atoms with Crippen molar-refractivity contribution in [2.24, 2.45) is 0 Å². The van der Waals surface area contributed by atoms with Crippen LogP contribution < -0.4 is 10.2 Å². The molecule has 1 N–H and O–H groups in total. The minimum Gasteiger partial charge on any atom is -0.366 e. The van der Waals surface area contributed by atoms with Crippen molar-refractivity contribution in [3.05, 3.63) is 23.9 Å². The zero-order valence-electron chi connectivity index (χ0n) is 14.2. The van der Waals surface area contributed by atoms with Crippen LogP contribution in [-0.2, 0) is 11.3 Å². The lowest BCUT2D eigenvalue weighted by Gasteiger charge is -2.47. The van der Waals surface area contributed by atoms with E-state index in [1.807, 2.05) is 6.20 Å². The Morgan fingerprint density at radius 2 is 1.86 bits per heavy atom. The first-order valence-corrected chi connectivity index (χ1v) is 7.80. The van der Waals surface area contributed by atoms with Crippen LogP contribution in [-0.4, -0.2) is 35.3 Å². The minimum atomic E-state index is -0.157. The molecule has 0 aliphatic carbocycles. The predicted octanol–water partition coefficient (Wildman–Crippen LogP) is 2.97. The second-order valence-electron chi connectivity index (χ2n) is 7.54. The quantitative estimate of drug-likeness (QED) is 0.925. The Labute approximate surface area is 128 Å². The van der Waals surface area contributed by atoms with Gasteiger partial charge in [-0.05, 0) is 45.4 Å². The van der Waals surface area contributed by atoms with Crippen molar-refractivity contribution in [3.8, 4) is 0 Å². The monoisotopic (exact) mass is 291 g/mol. The molecule has 118 valence electrons. The highest BCUT2D eigenvalue weighted by Gasteiger charge is 2.38. The molecule has 1 aliphatic heterocycles. The van der Waals surface area contributed by atoms with Crippen LogP contribution in [0.25, 0.3) is 0 Å². The van der Waals surface area contributed by atoms with Crippen LogP contribution in [0.2, 0.25) is 0 Å². The summed E-state index contributed by atoms with van der Waals surface area (Å²) in [6.45, 7) is 15.5. The van der Waals surface area contributed by atoms with E-state index in [1.54, 1.807) is 0 Å². The highest BCUT2D eigenvalue weighted by molar-refractivity contribution is 5.42. The molecule has 0 spiro atoms. The molecule has 0 atom stereocenters. The number of pyridine rings is 1. The maximum atomic E-state index is 6.14. The van der Waals surface area contributed by atoms with Gasteiger partial charge in [0.1, 0.15) is 5.82 Å². The van der Waals surface area contributed by atoms with Gasteiger partial charge in [0, 0.05) is 31.9 Å². The van der Waals surface area contributed by atoms with E-state index in [1.165, 1.54) is 5.56 Å². The number of hydrogen-bond acceptors (Lipinski definition) is 4. The Kier molecular flexibility index (Phi) is 4.59. The summed E-state index contributed by atoms with van der Waals surface area (Å²) in [6, 6.07) is 4.76. The highest BCUT2D eigenvalue weighted by Crippen LogP contribution is 2.30. The van der Waals surface area contributed by atoms with Crippen molar-refractivity contribution in [2.45, 2.75) is 65.3 Å². The van der Waals surface area contributed by atoms with Crippen LogP contribution in [0.1, 0.15) is 47.1 Å². The average Bonchev–Trinajstić information content (AvgIpc) is 2.33. The van der Waals surface area contributed by atoms with Gasteiger partial charge in [-0.3, -0.25) is 0 Å². The van der Waals surface area contributed by atoms with Crippen LogP contribution in [0.4, 0.5) is 5.82 Å². The zero-order chi connectivity index (χ0) is 15.7. The summed E-state index contributed by atoms with van der Waals surface area (Å²) in [7, 11) is 0.